The third kappa shape index (κ3) is 3.20. The van der Waals surface area contributed by atoms with Crippen LogP contribution in [-0.4, -0.2) is 51.5 Å². The lowest BCUT2D eigenvalue weighted by Gasteiger charge is -2.41. The SMILES string of the molecule is Cn1cccc1C1=CC(C)(N(CCO)CCO)CC=C1N. The molecular formula is C16H25N3O2. The van der Waals surface area contributed by atoms with E-state index in [1.165, 1.54) is 0 Å². The van der Waals surface area contributed by atoms with E-state index in [1.807, 2.05) is 36.0 Å². The van der Waals surface area contributed by atoms with Crippen LogP contribution < -0.4 is 5.73 Å². The Labute approximate surface area is 126 Å². The van der Waals surface area contributed by atoms with Gasteiger partial charge in [-0.1, -0.05) is 12.2 Å². The number of aromatic nitrogens is 1. The number of hydrogen-bond donors (Lipinski definition) is 3. The molecule has 116 valence electrons. The van der Waals surface area contributed by atoms with Gasteiger partial charge in [-0.25, -0.2) is 0 Å². The second-order valence-electron chi connectivity index (χ2n) is 5.72. The van der Waals surface area contributed by atoms with Crippen LogP contribution in [0.2, 0.25) is 0 Å². The first kappa shape index (κ1) is 15.8. The van der Waals surface area contributed by atoms with Gasteiger partial charge in [-0.3, -0.25) is 4.90 Å². The first-order chi connectivity index (χ1) is 10.0. The highest BCUT2D eigenvalue weighted by molar-refractivity contribution is 5.78. The molecule has 0 spiro atoms. The minimum absolute atomic E-state index is 0.0715. The summed E-state index contributed by atoms with van der Waals surface area (Å²) in [4.78, 5) is 2.10. The van der Waals surface area contributed by atoms with Crippen molar-refractivity contribution in [1.29, 1.82) is 0 Å². The Bertz CT molecular complexity index is 541. The molecule has 0 saturated carbocycles. The Morgan fingerprint density at radius 1 is 1.33 bits per heavy atom. The number of β-amino-alcohol motifs (C(OH)–C–C–N with tert-alkyl or cyclic N) is 2. The molecule has 1 heterocycles. The fourth-order valence-corrected chi connectivity index (χ4v) is 2.93. The van der Waals surface area contributed by atoms with Gasteiger partial charge in [0.05, 0.1) is 13.2 Å². The zero-order valence-corrected chi connectivity index (χ0v) is 12.8. The van der Waals surface area contributed by atoms with E-state index in [0.29, 0.717) is 13.1 Å². The average molecular weight is 291 g/mol. The van der Waals surface area contributed by atoms with Crippen LogP contribution in [0.5, 0.6) is 0 Å². The smallest absolute Gasteiger partial charge is 0.0558 e. The highest BCUT2D eigenvalue weighted by atomic mass is 16.3. The van der Waals surface area contributed by atoms with Crippen LogP contribution in [0.3, 0.4) is 0 Å². The van der Waals surface area contributed by atoms with Crippen LogP contribution in [0.1, 0.15) is 19.0 Å². The van der Waals surface area contributed by atoms with E-state index < -0.39 is 0 Å². The van der Waals surface area contributed by atoms with Crippen LogP contribution >= 0.6 is 0 Å². The van der Waals surface area contributed by atoms with Gasteiger partial charge >= 0.3 is 0 Å². The molecule has 0 aromatic carbocycles. The van der Waals surface area contributed by atoms with Crippen LogP contribution in [-0.2, 0) is 7.05 Å². The van der Waals surface area contributed by atoms with Gasteiger partial charge < -0.3 is 20.5 Å². The molecule has 5 heteroatoms. The van der Waals surface area contributed by atoms with Crippen LogP contribution in [0.25, 0.3) is 5.57 Å². The fourth-order valence-electron chi connectivity index (χ4n) is 2.93. The maximum atomic E-state index is 9.27. The molecule has 0 amide bonds. The Hall–Kier alpha value is -1.56. The van der Waals surface area contributed by atoms with Crippen molar-refractivity contribution in [3.8, 4) is 0 Å². The van der Waals surface area contributed by atoms with Crippen LogP contribution in [0.15, 0.2) is 36.2 Å². The summed E-state index contributed by atoms with van der Waals surface area (Å²) in [5.74, 6) is 0. The van der Waals surface area contributed by atoms with E-state index >= 15 is 0 Å². The van der Waals surface area contributed by atoms with Gasteiger partial charge in [0.25, 0.3) is 0 Å². The second kappa shape index (κ2) is 6.47. The highest BCUT2D eigenvalue weighted by Gasteiger charge is 2.32. The second-order valence-corrected chi connectivity index (χ2v) is 5.72. The van der Waals surface area contributed by atoms with Gasteiger partial charge in [-0.2, -0.15) is 0 Å². The molecule has 0 fully saturated rings. The Morgan fingerprint density at radius 3 is 2.52 bits per heavy atom. The number of rotatable bonds is 6. The number of aliphatic hydroxyl groups excluding tert-OH is 2. The molecule has 21 heavy (non-hydrogen) atoms. The van der Waals surface area contributed by atoms with Crippen molar-refractivity contribution in [3.05, 3.63) is 41.9 Å². The predicted molar refractivity (Wildman–Crippen MR) is 84.4 cm³/mol. The third-order valence-corrected chi connectivity index (χ3v) is 4.18. The number of hydrogen-bond acceptors (Lipinski definition) is 4. The van der Waals surface area contributed by atoms with E-state index in [4.69, 9.17) is 5.73 Å². The number of nitrogens with two attached hydrogens (primary N) is 1. The lowest BCUT2D eigenvalue weighted by atomic mass is 9.85. The predicted octanol–water partition coefficient (Wildman–Crippen LogP) is 0.700. The Morgan fingerprint density at radius 2 is 2.00 bits per heavy atom. The summed E-state index contributed by atoms with van der Waals surface area (Å²) in [5.41, 5.74) is 8.78. The molecular weight excluding hydrogens is 266 g/mol. The number of aryl methyl sites for hydroxylation is 1. The van der Waals surface area contributed by atoms with Gasteiger partial charge in [0, 0.05) is 48.8 Å². The van der Waals surface area contributed by atoms with Gasteiger partial charge in [0.15, 0.2) is 0 Å². The molecule has 0 bridgehead atoms. The van der Waals surface area contributed by atoms with E-state index in [-0.39, 0.29) is 18.8 Å². The van der Waals surface area contributed by atoms with E-state index in [2.05, 4.69) is 17.9 Å². The zero-order valence-electron chi connectivity index (χ0n) is 12.8. The van der Waals surface area contributed by atoms with Gasteiger partial charge in [-0.05, 0) is 25.5 Å². The van der Waals surface area contributed by atoms with E-state index in [1.54, 1.807) is 0 Å². The topological polar surface area (TPSA) is 74.6 Å². The number of aliphatic hydroxyl groups is 2. The highest BCUT2D eigenvalue weighted by Crippen LogP contribution is 2.34. The van der Waals surface area contributed by atoms with E-state index in [0.717, 1.165) is 23.4 Å². The zero-order chi connectivity index (χ0) is 15.5. The minimum Gasteiger partial charge on any atom is -0.398 e. The van der Waals surface area contributed by atoms with E-state index in [9.17, 15) is 10.2 Å². The Kier molecular flexibility index (Phi) is 4.88. The molecule has 0 saturated heterocycles. The molecule has 5 nitrogen and oxygen atoms in total. The monoisotopic (exact) mass is 291 g/mol. The normalized spacial score (nSPS) is 22.3. The molecule has 4 N–H and O–H groups in total. The molecule has 0 radical (unpaired) electrons. The first-order valence-electron chi connectivity index (χ1n) is 7.29. The lowest BCUT2D eigenvalue weighted by molar-refractivity contribution is 0.0909. The maximum absolute atomic E-state index is 9.27. The summed E-state index contributed by atoms with van der Waals surface area (Å²) in [7, 11) is 1.99. The largest absolute Gasteiger partial charge is 0.398 e. The molecule has 1 aliphatic rings. The molecule has 1 aromatic rings. The quantitative estimate of drug-likeness (QED) is 0.721. The van der Waals surface area contributed by atoms with Crippen molar-refractivity contribution in [3.63, 3.8) is 0 Å². The summed E-state index contributed by atoms with van der Waals surface area (Å²) in [6.07, 6.45) is 6.95. The summed E-state index contributed by atoms with van der Waals surface area (Å²) in [6, 6.07) is 4.04. The summed E-state index contributed by atoms with van der Waals surface area (Å²) >= 11 is 0. The van der Waals surface area contributed by atoms with Gasteiger partial charge in [0.2, 0.25) is 0 Å². The number of allylic oxidation sites excluding steroid dienone is 1. The molecule has 1 aromatic heterocycles. The lowest BCUT2D eigenvalue weighted by Crippen LogP contribution is -2.48. The van der Waals surface area contributed by atoms with Gasteiger partial charge in [0.1, 0.15) is 0 Å². The molecule has 1 aliphatic carbocycles. The standard InChI is InChI=1S/C16H25N3O2/c1-16(19(8-10-20)9-11-21)6-5-14(17)13(12-16)15-4-3-7-18(15)2/h3-5,7,12,20-21H,6,8-11,17H2,1-2H3. The summed E-state index contributed by atoms with van der Waals surface area (Å²) in [5, 5.41) is 18.5. The minimum atomic E-state index is -0.256. The molecule has 1 unspecified atom stereocenters. The third-order valence-electron chi connectivity index (χ3n) is 4.18. The van der Waals surface area contributed by atoms with Crippen molar-refractivity contribution in [1.82, 2.24) is 9.47 Å². The summed E-state index contributed by atoms with van der Waals surface area (Å²) < 4.78 is 2.04. The molecule has 2 rings (SSSR count). The Balaban J connectivity index is 2.37. The fraction of sp³-hybridized carbons (Fsp3) is 0.500. The first-order valence-corrected chi connectivity index (χ1v) is 7.29. The van der Waals surface area contributed by atoms with Crippen molar-refractivity contribution in [2.24, 2.45) is 12.8 Å². The van der Waals surface area contributed by atoms with Crippen molar-refractivity contribution >= 4 is 5.57 Å². The van der Waals surface area contributed by atoms with Crippen LogP contribution in [0.4, 0.5) is 0 Å². The molecule has 0 aliphatic heterocycles. The van der Waals surface area contributed by atoms with Gasteiger partial charge in [-0.15, -0.1) is 0 Å². The molecule has 1 atom stereocenters. The number of nitrogens with zero attached hydrogens (tertiary/aromatic N) is 2. The van der Waals surface area contributed by atoms with Crippen molar-refractivity contribution in [2.75, 3.05) is 26.3 Å². The van der Waals surface area contributed by atoms with Crippen molar-refractivity contribution in [2.45, 2.75) is 18.9 Å². The van der Waals surface area contributed by atoms with Crippen molar-refractivity contribution < 1.29 is 10.2 Å². The average Bonchev–Trinajstić information content (AvgIpc) is 2.88. The maximum Gasteiger partial charge on any atom is 0.0558 e. The van der Waals surface area contributed by atoms with Crippen LogP contribution in [0, 0.1) is 0 Å². The summed E-state index contributed by atoms with van der Waals surface area (Å²) in [6.45, 7) is 3.32.